The van der Waals surface area contributed by atoms with Crippen molar-refractivity contribution in [3.8, 4) is 0 Å². The molecule has 2 fully saturated rings. The minimum absolute atomic E-state index is 0.286. The van der Waals surface area contributed by atoms with E-state index in [2.05, 4.69) is 19.2 Å². The molecule has 3 atom stereocenters. The van der Waals surface area contributed by atoms with E-state index in [0.29, 0.717) is 12.1 Å². The van der Waals surface area contributed by atoms with Gasteiger partial charge in [0.15, 0.2) is 0 Å². The third-order valence-electron chi connectivity index (χ3n) is 4.14. The summed E-state index contributed by atoms with van der Waals surface area (Å²) in [4.78, 5) is 0. The summed E-state index contributed by atoms with van der Waals surface area (Å²) in [6.45, 7) is 7.56. The van der Waals surface area contributed by atoms with Gasteiger partial charge in [-0.25, -0.2) is 0 Å². The summed E-state index contributed by atoms with van der Waals surface area (Å²) in [6.07, 6.45) is 2.79. The average Bonchev–Trinajstić information content (AvgIpc) is 2.69. The van der Waals surface area contributed by atoms with Crippen LogP contribution >= 0.6 is 0 Å². The maximum absolute atomic E-state index is 5.44. The van der Waals surface area contributed by atoms with Crippen molar-refractivity contribution in [3.63, 3.8) is 0 Å². The quantitative estimate of drug-likeness (QED) is 0.766. The molecule has 0 radical (unpaired) electrons. The van der Waals surface area contributed by atoms with Crippen molar-refractivity contribution in [1.29, 1.82) is 0 Å². The molecule has 0 bridgehead atoms. The highest BCUT2D eigenvalue weighted by molar-refractivity contribution is 5.02. The fraction of sp³-hybridized carbons (Fsp3) is 1.00. The maximum Gasteiger partial charge on any atom is 0.0652 e. The van der Waals surface area contributed by atoms with Crippen molar-refractivity contribution in [1.82, 2.24) is 5.32 Å². The van der Waals surface area contributed by atoms with Gasteiger partial charge < -0.3 is 14.8 Å². The van der Waals surface area contributed by atoms with Crippen LogP contribution in [0.5, 0.6) is 0 Å². The Labute approximate surface area is 92.5 Å². The summed E-state index contributed by atoms with van der Waals surface area (Å²) in [7, 11) is 1.81. The first-order chi connectivity index (χ1) is 7.14. The van der Waals surface area contributed by atoms with Gasteiger partial charge in [0.1, 0.15) is 0 Å². The van der Waals surface area contributed by atoms with Crippen LogP contribution in [0.3, 0.4) is 0 Å². The lowest BCUT2D eigenvalue weighted by molar-refractivity contribution is -0.0980. The first kappa shape index (κ1) is 11.4. The zero-order chi connectivity index (χ0) is 10.9. The van der Waals surface area contributed by atoms with Gasteiger partial charge in [0.05, 0.1) is 12.7 Å². The number of hydrogen-bond acceptors (Lipinski definition) is 3. The van der Waals surface area contributed by atoms with Crippen LogP contribution in [-0.4, -0.2) is 39.0 Å². The van der Waals surface area contributed by atoms with Crippen molar-refractivity contribution in [2.24, 2.45) is 11.3 Å². The van der Waals surface area contributed by atoms with Gasteiger partial charge in [-0.1, -0.05) is 13.8 Å². The van der Waals surface area contributed by atoms with Gasteiger partial charge in [-0.05, 0) is 18.8 Å². The molecule has 0 spiro atoms. The fourth-order valence-electron chi connectivity index (χ4n) is 2.69. The first-order valence-corrected chi connectivity index (χ1v) is 5.98. The molecule has 0 aromatic carbocycles. The Balaban J connectivity index is 1.72. The molecule has 2 aliphatic rings. The highest BCUT2D eigenvalue weighted by Crippen LogP contribution is 2.42. The molecular weight excluding hydrogens is 190 g/mol. The molecule has 15 heavy (non-hydrogen) atoms. The summed E-state index contributed by atoms with van der Waals surface area (Å²) in [6, 6.07) is 0.614. The molecule has 1 aliphatic heterocycles. The molecule has 0 aromatic heterocycles. The number of hydrogen-bond donors (Lipinski definition) is 1. The van der Waals surface area contributed by atoms with E-state index in [4.69, 9.17) is 9.47 Å². The molecule has 2 rings (SSSR count). The van der Waals surface area contributed by atoms with Gasteiger partial charge in [-0.3, -0.25) is 0 Å². The van der Waals surface area contributed by atoms with E-state index in [-0.39, 0.29) is 5.41 Å². The zero-order valence-electron chi connectivity index (χ0n) is 10.1. The summed E-state index contributed by atoms with van der Waals surface area (Å²) in [5.41, 5.74) is 0.286. The molecule has 1 saturated carbocycles. The first-order valence-electron chi connectivity index (χ1n) is 5.98. The highest BCUT2D eigenvalue weighted by Gasteiger charge is 2.48. The lowest BCUT2D eigenvalue weighted by Gasteiger charge is -2.51. The predicted molar refractivity (Wildman–Crippen MR) is 59.9 cm³/mol. The Bertz CT molecular complexity index is 212. The summed E-state index contributed by atoms with van der Waals surface area (Å²) in [5, 5.41) is 3.66. The minimum atomic E-state index is 0.286. The standard InChI is InChI=1S/C12H23NO2/c1-12(2)10(6-11(12)14-3)13-7-9-4-5-15-8-9/h9-11,13H,4-8H2,1-3H3. The van der Waals surface area contributed by atoms with Crippen LogP contribution in [0.15, 0.2) is 0 Å². The van der Waals surface area contributed by atoms with E-state index in [1.54, 1.807) is 0 Å². The zero-order valence-corrected chi connectivity index (χ0v) is 10.1. The van der Waals surface area contributed by atoms with Gasteiger partial charge in [0.25, 0.3) is 0 Å². The number of ether oxygens (including phenoxy) is 2. The van der Waals surface area contributed by atoms with Crippen LogP contribution < -0.4 is 5.32 Å². The van der Waals surface area contributed by atoms with E-state index in [0.717, 1.165) is 32.1 Å². The van der Waals surface area contributed by atoms with Crippen molar-refractivity contribution in [3.05, 3.63) is 0 Å². The van der Waals surface area contributed by atoms with E-state index in [1.807, 2.05) is 7.11 Å². The van der Waals surface area contributed by atoms with Gasteiger partial charge >= 0.3 is 0 Å². The number of methoxy groups -OCH3 is 1. The summed E-state index contributed by atoms with van der Waals surface area (Å²) >= 11 is 0. The van der Waals surface area contributed by atoms with Gasteiger partial charge in [-0.15, -0.1) is 0 Å². The second-order valence-corrected chi connectivity index (χ2v) is 5.47. The van der Waals surface area contributed by atoms with Gasteiger partial charge in [0.2, 0.25) is 0 Å². The Morgan fingerprint density at radius 2 is 2.27 bits per heavy atom. The molecule has 1 heterocycles. The molecule has 3 unspecified atom stereocenters. The fourth-order valence-corrected chi connectivity index (χ4v) is 2.69. The Morgan fingerprint density at radius 3 is 2.80 bits per heavy atom. The van der Waals surface area contributed by atoms with Crippen molar-refractivity contribution in [2.75, 3.05) is 26.9 Å². The second kappa shape index (κ2) is 4.40. The van der Waals surface area contributed by atoms with Crippen LogP contribution in [-0.2, 0) is 9.47 Å². The van der Waals surface area contributed by atoms with E-state index >= 15 is 0 Å². The average molecular weight is 213 g/mol. The maximum atomic E-state index is 5.44. The van der Waals surface area contributed by atoms with E-state index in [1.165, 1.54) is 6.42 Å². The van der Waals surface area contributed by atoms with Gasteiger partial charge in [-0.2, -0.15) is 0 Å². The molecule has 1 N–H and O–H groups in total. The van der Waals surface area contributed by atoms with Crippen LogP contribution in [0.25, 0.3) is 0 Å². The number of nitrogens with one attached hydrogen (secondary N) is 1. The van der Waals surface area contributed by atoms with Crippen molar-refractivity contribution < 1.29 is 9.47 Å². The second-order valence-electron chi connectivity index (χ2n) is 5.47. The highest BCUT2D eigenvalue weighted by atomic mass is 16.5. The molecule has 1 aliphatic carbocycles. The summed E-state index contributed by atoms with van der Waals surface area (Å²) in [5.74, 6) is 0.724. The molecule has 3 heteroatoms. The third-order valence-corrected chi connectivity index (χ3v) is 4.14. The van der Waals surface area contributed by atoms with Crippen LogP contribution in [0.1, 0.15) is 26.7 Å². The molecule has 0 aromatic rings. The molecule has 1 saturated heterocycles. The Kier molecular flexibility index (Phi) is 3.33. The van der Waals surface area contributed by atoms with Crippen LogP contribution in [0.4, 0.5) is 0 Å². The number of rotatable bonds is 4. The Morgan fingerprint density at radius 1 is 1.47 bits per heavy atom. The molecular formula is C12H23NO2. The lowest BCUT2D eigenvalue weighted by atomic mass is 9.64. The predicted octanol–water partition coefficient (Wildman–Crippen LogP) is 1.43. The van der Waals surface area contributed by atoms with Gasteiger partial charge in [0, 0.05) is 31.7 Å². The normalized spacial score (nSPS) is 39.0. The topological polar surface area (TPSA) is 30.5 Å². The van der Waals surface area contributed by atoms with E-state index in [9.17, 15) is 0 Å². The van der Waals surface area contributed by atoms with Crippen molar-refractivity contribution >= 4 is 0 Å². The molecule has 88 valence electrons. The minimum Gasteiger partial charge on any atom is -0.381 e. The monoisotopic (exact) mass is 213 g/mol. The lowest BCUT2D eigenvalue weighted by Crippen LogP contribution is -2.61. The smallest absolute Gasteiger partial charge is 0.0652 e. The largest absolute Gasteiger partial charge is 0.381 e. The van der Waals surface area contributed by atoms with Crippen molar-refractivity contribution in [2.45, 2.75) is 38.8 Å². The van der Waals surface area contributed by atoms with Crippen LogP contribution in [0.2, 0.25) is 0 Å². The molecule has 0 amide bonds. The third kappa shape index (κ3) is 2.19. The van der Waals surface area contributed by atoms with Crippen LogP contribution in [0, 0.1) is 11.3 Å². The van der Waals surface area contributed by atoms with E-state index < -0.39 is 0 Å². The SMILES string of the molecule is COC1CC(NCC2CCOC2)C1(C)C. The molecule has 3 nitrogen and oxygen atoms in total. The summed E-state index contributed by atoms with van der Waals surface area (Å²) < 4.78 is 10.8. The Hall–Kier alpha value is -0.120.